The van der Waals surface area contributed by atoms with Crippen LogP contribution in [0.1, 0.15) is 16.7 Å². The normalized spacial score (nSPS) is 10.4. The molecular weight excluding hydrogens is 398 g/mol. The highest BCUT2D eigenvalue weighted by molar-refractivity contribution is 7.98. The number of carbonyl (C=O) groups is 2. The summed E-state index contributed by atoms with van der Waals surface area (Å²) in [6.07, 6.45) is 0. The molecule has 1 N–H and O–H groups in total. The molecular formula is C21H24ClNO4S. The minimum atomic E-state index is -0.595. The van der Waals surface area contributed by atoms with Gasteiger partial charge in [0.2, 0.25) is 0 Å². The van der Waals surface area contributed by atoms with Crippen LogP contribution in [0.15, 0.2) is 42.5 Å². The van der Waals surface area contributed by atoms with Gasteiger partial charge in [-0.15, -0.1) is 0 Å². The lowest BCUT2D eigenvalue weighted by molar-refractivity contribution is -0.150. The van der Waals surface area contributed by atoms with Crippen LogP contribution >= 0.6 is 23.4 Å². The summed E-state index contributed by atoms with van der Waals surface area (Å²) >= 11 is 7.70. The Balaban J connectivity index is 1.59. The van der Waals surface area contributed by atoms with E-state index in [2.05, 4.69) is 17.4 Å². The van der Waals surface area contributed by atoms with Crippen LogP contribution in [0.4, 0.5) is 0 Å². The van der Waals surface area contributed by atoms with Crippen molar-refractivity contribution in [3.63, 3.8) is 0 Å². The first-order valence-electron chi connectivity index (χ1n) is 8.89. The zero-order chi connectivity index (χ0) is 20.4. The van der Waals surface area contributed by atoms with E-state index in [9.17, 15) is 9.59 Å². The van der Waals surface area contributed by atoms with Crippen molar-refractivity contribution in [1.29, 1.82) is 0 Å². The van der Waals surface area contributed by atoms with Gasteiger partial charge in [0.05, 0.1) is 0 Å². The highest BCUT2D eigenvalue weighted by Crippen LogP contribution is 2.26. The number of esters is 1. The van der Waals surface area contributed by atoms with E-state index < -0.39 is 5.97 Å². The fourth-order valence-electron chi connectivity index (χ4n) is 2.52. The van der Waals surface area contributed by atoms with Crippen LogP contribution in [0.25, 0.3) is 0 Å². The number of ether oxygens (including phenoxy) is 2. The van der Waals surface area contributed by atoms with Gasteiger partial charge < -0.3 is 14.8 Å². The van der Waals surface area contributed by atoms with E-state index in [0.29, 0.717) is 17.3 Å². The second-order valence-corrected chi connectivity index (χ2v) is 7.75. The molecule has 0 aliphatic heterocycles. The molecule has 0 saturated carbocycles. The lowest BCUT2D eigenvalue weighted by Gasteiger charge is -2.12. The van der Waals surface area contributed by atoms with Gasteiger partial charge in [-0.05, 0) is 42.7 Å². The van der Waals surface area contributed by atoms with Crippen LogP contribution in [0.3, 0.4) is 0 Å². The van der Waals surface area contributed by atoms with Crippen LogP contribution in [0.2, 0.25) is 5.02 Å². The number of benzene rings is 2. The second kappa shape index (κ2) is 11.6. The number of hydrogen-bond donors (Lipinski definition) is 1. The van der Waals surface area contributed by atoms with Crippen molar-refractivity contribution < 1.29 is 19.1 Å². The summed E-state index contributed by atoms with van der Waals surface area (Å²) in [6.45, 7) is 3.65. The van der Waals surface area contributed by atoms with Gasteiger partial charge in [-0.3, -0.25) is 4.79 Å². The summed E-state index contributed by atoms with van der Waals surface area (Å²) in [5.41, 5.74) is 2.92. The molecule has 0 spiro atoms. The van der Waals surface area contributed by atoms with Gasteiger partial charge in [-0.1, -0.05) is 41.9 Å². The molecule has 0 aliphatic carbocycles. The lowest BCUT2D eigenvalue weighted by atomic mass is 10.1. The van der Waals surface area contributed by atoms with Crippen molar-refractivity contribution in [3.05, 3.63) is 64.2 Å². The molecule has 0 aliphatic rings. The summed E-state index contributed by atoms with van der Waals surface area (Å²) in [5, 5.41) is 3.34. The van der Waals surface area contributed by atoms with Gasteiger partial charge in [0, 0.05) is 23.1 Å². The quantitative estimate of drug-likeness (QED) is 0.465. The molecule has 0 heterocycles. The number of halogens is 1. The molecule has 0 unspecified atom stereocenters. The Morgan fingerprint density at radius 3 is 2.43 bits per heavy atom. The van der Waals surface area contributed by atoms with Crippen molar-refractivity contribution in [1.82, 2.24) is 5.32 Å². The van der Waals surface area contributed by atoms with E-state index >= 15 is 0 Å². The first-order valence-corrected chi connectivity index (χ1v) is 10.4. The van der Waals surface area contributed by atoms with Crippen molar-refractivity contribution in [2.75, 3.05) is 25.5 Å². The van der Waals surface area contributed by atoms with Gasteiger partial charge in [-0.2, -0.15) is 11.8 Å². The Morgan fingerprint density at radius 2 is 1.75 bits per heavy atom. The molecule has 0 radical (unpaired) electrons. The van der Waals surface area contributed by atoms with Gasteiger partial charge in [-0.25, -0.2) is 4.79 Å². The number of carbonyl (C=O) groups excluding carboxylic acids is 2. The minimum Gasteiger partial charge on any atom is -0.481 e. The summed E-state index contributed by atoms with van der Waals surface area (Å²) in [6, 6.07) is 13.7. The smallest absolute Gasteiger partial charge is 0.344 e. The third-order valence-electron chi connectivity index (χ3n) is 3.80. The zero-order valence-corrected chi connectivity index (χ0v) is 17.6. The van der Waals surface area contributed by atoms with E-state index in [1.54, 1.807) is 23.9 Å². The molecule has 0 saturated heterocycles. The number of amides is 1. The zero-order valence-electron chi connectivity index (χ0n) is 16.0. The number of nitrogens with one attached hydrogen (secondary N) is 1. The number of aryl methyl sites for hydroxylation is 2. The monoisotopic (exact) mass is 421 g/mol. The molecule has 2 aromatic rings. The Bertz CT molecular complexity index is 775. The molecule has 5 nitrogen and oxygen atoms in total. The van der Waals surface area contributed by atoms with Crippen molar-refractivity contribution in [3.8, 4) is 5.75 Å². The van der Waals surface area contributed by atoms with Crippen molar-refractivity contribution >= 4 is 35.2 Å². The molecule has 0 aromatic heterocycles. The highest BCUT2D eigenvalue weighted by Gasteiger charge is 2.11. The maximum Gasteiger partial charge on any atom is 0.344 e. The molecule has 150 valence electrons. The predicted octanol–water partition coefficient (Wildman–Crippen LogP) is 3.93. The average molecular weight is 422 g/mol. The largest absolute Gasteiger partial charge is 0.481 e. The summed E-state index contributed by atoms with van der Waals surface area (Å²) in [4.78, 5) is 23.5. The van der Waals surface area contributed by atoms with E-state index in [4.69, 9.17) is 21.1 Å². The van der Waals surface area contributed by atoms with Crippen molar-refractivity contribution in [2.45, 2.75) is 19.6 Å². The van der Waals surface area contributed by atoms with Gasteiger partial charge in [0.1, 0.15) is 5.75 Å². The molecule has 28 heavy (non-hydrogen) atoms. The van der Waals surface area contributed by atoms with Crippen molar-refractivity contribution in [2.24, 2.45) is 0 Å². The fourth-order valence-corrected chi connectivity index (χ4v) is 3.67. The maximum atomic E-state index is 11.8. The summed E-state index contributed by atoms with van der Waals surface area (Å²) in [7, 11) is 0. The molecule has 2 rings (SSSR count). The number of rotatable bonds is 10. The Hall–Kier alpha value is -2.18. The van der Waals surface area contributed by atoms with Gasteiger partial charge in [0.25, 0.3) is 5.91 Å². The SMILES string of the molecule is Cc1cc(Cl)cc(C)c1OCC(=O)OCC(=O)NCCSCc1ccccc1. The van der Waals surface area contributed by atoms with E-state index in [1.165, 1.54) is 5.56 Å². The van der Waals surface area contributed by atoms with E-state index in [-0.39, 0.29) is 19.1 Å². The molecule has 0 fully saturated rings. The Morgan fingerprint density at radius 1 is 1.07 bits per heavy atom. The molecule has 0 atom stereocenters. The third-order valence-corrected chi connectivity index (χ3v) is 5.05. The predicted molar refractivity (Wildman–Crippen MR) is 113 cm³/mol. The molecule has 1 amide bonds. The van der Waals surface area contributed by atoms with E-state index in [1.807, 2.05) is 32.0 Å². The van der Waals surface area contributed by atoms with Gasteiger partial charge in [0.15, 0.2) is 13.2 Å². The van der Waals surface area contributed by atoms with Crippen LogP contribution < -0.4 is 10.1 Å². The summed E-state index contributed by atoms with van der Waals surface area (Å²) in [5.74, 6) is 1.36. The molecule has 0 bridgehead atoms. The molecule has 7 heteroatoms. The summed E-state index contributed by atoms with van der Waals surface area (Å²) < 4.78 is 10.5. The van der Waals surface area contributed by atoms with Gasteiger partial charge >= 0.3 is 5.97 Å². The first-order chi connectivity index (χ1) is 13.5. The topological polar surface area (TPSA) is 64.6 Å². The average Bonchev–Trinajstić information content (AvgIpc) is 2.66. The Kier molecular flexibility index (Phi) is 9.17. The Labute approximate surface area is 174 Å². The number of hydrogen-bond acceptors (Lipinski definition) is 5. The first kappa shape index (κ1) is 22.1. The standard InChI is InChI=1S/C21H24ClNO4S/c1-15-10-18(22)11-16(2)21(15)27-13-20(25)26-12-19(24)23-8-9-28-14-17-6-4-3-5-7-17/h3-7,10-11H,8-9,12-14H2,1-2H3,(H,23,24). The second-order valence-electron chi connectivity index (χ2n) is 6.21. The third kappa shape index (κ3) is 7.82. The van der Waals surface area contributed by atoms with Crippen LogP contribution in [0, 0.1) is 13.8 Å². The maximum absolute atomic E-state index is 11.8. The fraction of sp³-hybridized carbons (Fsp3) is 0.333. The highest BCUT2D eigenvalue weighted by atomic mass is 35.5. The minimum absolute atomic E-state index is 0.260. The lowest BCUT2D eigenvalue weighted by Crippen LogP contribution is -2.31. The van der Waals surface area contributed by atoms with Crippen LogP contribution in [0.5, 0.6) is 5.75 Å². The number of thioether (sulfide) groups is 1. The molecule has 2 aromatic carbocycles. The van der Waals surface area contributed by atoms with E-state index in [0.717, 1.165) is 22.6 Å². The van der Waals surface area contributed by atoms with Crippen LogP contribution in [-0.4, -0.2) is 37.4 Å². The van der Waals surface area contributed by atoms with Crippen LogP contribution in [-0.2, 0) is 20.1 Å².